The number of allylic oxidation sites excluding steroid dienone is 1. The average molecular weight is 453 g/mol. The lowest BCUT2D eigenvalue weighted by Gasteiger charge is -2.32. The largest absolute Gasteiger partial charge is 0.421 e. The Bertz CT molecular complexity index is 1180. The summed E-state index contributed by atoms with van der Waals surface area (Å²) >= 11 is 0. The molecule has 1 aliphatic heterocycles. The van der Waals surface area contributed by atoms with Gasteiger partial charge in [-0.15, -0.1) is 0 Å². The number of nitrogen functional groups attached to an aromatic ring is 1. The molecule has 11 heteroatoms. The van der Waals surface area contributed by atoms with Gasteiger partial charge in [-0.05, 0) is 50.2 Å². The van der Waals surface area contributed by atoms with E-state index in [4.69, 9.17) is 5.73 Å². The van der Waals surface area contributed by atoms with Gasteiger partial charge in [0.15, 0.2) is 5.78 Å². The standard InChI is InChI=1S/C20H18F3N3O4S/c1-12-17(13(2)27)19(20(21,22)23,18(28)26(12)15-6-4-3-5-7-15)25-31(29,30)16-10-8-14(24)9-11-16/h3-11,25H,24H2,1-2H3/t19-/m0/s1. The molecule has 3 N–H and O–H groups in total. The van der Waals surface area contributed by atoms with E-state index in [-0.39, 0.29) is 17.1 Å². The Morgan fingerprint density at radius 3 is 2.10 bits per heavy atom. The number of halogens is 3. The highest BCUT2D eigenvalue weighted by Crippen LogP contribution is 2.47. The maximum atomic E-state index is 14.5. The van der Waals surface area contributed by atoms with Gasteiger partial charge in [0, 0.05) is 17.1 Å². The van der Waals surface area contributed by atoms with Crippen LogP contribution in [0.25, 0.3) is 0 Å². The van der Waals surface area contributed by atoms with Gasteiger partial charge in [0.05, 0.1) is 10.5 Å². The molecule has 3 rings (SSSR count). The third-order valence-corrected chi connectivity index (χ3v) is 6.33. The van der Waals surface area contributed by atoms with Crippen molar-refractivity contribution in [2.45, 2.75) is 30.5 Å². The molecule has 7 nitrogen and oxygen atoms in total. The van der Waals surface area contributed by atoms with E-state index < -0.39 is 43.9 Å². The molecule has 0 saturated carbocycles. The number of nitrogens with one attached hydrogen (secondary N) is 1. The number of anilines is 2. The van der Waals surface area contributed by atoms with Gasteiger partial charge in [-0.1, -0.05) is 18.2 Å². The number of carbonyl (C=O) groups excluding carboxylic acids is 2. The summed E-state index contributed by atoms with van der Waals surface area (Å²) in [5.41, 5.74) is 0.650. The van der Waals surface area contributed by atoms with Crippen molar-refractivity contribution < 1.29 is 31.2 Å². The molecule has 0 spiro atoms. The summed E-state index contributed by atoms with van der Waals surface area (Å²) in [4.78, 5) is 25.7. The number of sulfonamides is 1. The molecule has 1 amide bonds. The Hall–Kier alpha value is -3.18. The molecule has 1 atom stereocenters. The third kappa shape index (κ3) is 3.59. The Morgan fingerprint density at radius 2 is 1.61 bits per heavy atom. The zero-order chi connectivity index (χ0) is 23.2. The second-order valence-electron chi connectivity index (χ2n) is 6.92. The van der Waals surface area contributed by atoms with Gasteiger partial charge in [-0.2, -0.15) is 17.9 Å². The zero-order valence-electron chi connectivity index (χ0n) is 16.4. The molecule has 164 valence electrons. The zero-order valence-corrected chi connectivity index (χ0v) is 17.2. The first-order valence-electron chi connectivity index (χ1n) is 8.91. The van der Waals surface area contributed by atoms with E-state index in [1.807, 2.05) is 0 Å². The van der Waals surface area contributed by atoms with Crippen molar-refractivity contribution in [2.75, 3.05) is 10.6 Å². The van der Waals surface area contributed by atoms with Gasteiger partial charge in [0.25, 0.3) is 5.91 Å². The number of rotatable bonds is 5. The number of benzene rings is 2. The molecule has 2 aromatic carbocycles. The smallest absolute Gasteiger partial charge is 0.399 e. The van der Waals surface area contributed by atoms with E-state index in [0.29, 0.717) is 4.90 Å². The van der Waals surface area contributed by atoms with E-state index in [2.05, 4.69) is 0 Å². The van der Waals surface area contributed by atoms with Crippen LogP contribution in [0.3, 0.4) is 0 Å². The molecule has 0 saturated heterocycles. The number of amides is 1. The molecule has 0 radical (unpaired) electrons. The summed E-state index contributed by atoms with van der Waals surface area (Å²) in [6.07, 6.45) is -5.46. The summed E-state index contributed by atoms with van der Waals surface area (Å²) in [5.74, 6) is -2.74. The molecule has 0 unspecified atom stereocenters. The number of nitrogens with two attached hydrogens (primary N) is 1. The number of carbonyl (C=O) groups is 2. The first-order chi connectivity index (χ1) is 14.3. The topological polar surface area (TPSA) is 110 Å². The number of alkyl halides is 3. The Kier molecular flexibility index (Phi) is 5.45. The predicted molar refractivity (Wildman–Crippen MR) is 107 cm³/mol. The number of hydrogen-bond donors (Lipinski definition) is 2. The first-order valence-corrected chi connectivity index (χ1v) is 10.4. The molecule has 0 aliphatic carbocycles. The van der Waals surface area contributed by atoms with Crippen LogP contribution in [0.5, 0.6) is 0 Å². The minimum absolute atomic E-state index is 0.0570. The van der Waals surface area contributed by atoms with Crippen molar-refractivity contribution in [3.8, 4) is 0 Å². The van der Waals surface area contributed by atoms with Crippen molar-refractivity contribution in [1.82, 2.24) is 4.72 Å². The van der Waals surface area contributed by atoms with E-state index in [0.717, 1.165) is 26.0 Å². The first kappa shape index (κ1) is 22.5. The van der Waals surface area contributed by atoms with Gasteiger partial charge in [0.1, 0.15) is 0 Å². The van der Waals surface area contributed by atoms with Gasteiger partial charge >= 0.3 is 6.18 Å². The van der Waals surface area contributed by atoms with Crippen LogP contribution >= 0.6 is 0 Å². The van der Waals surface area contributed by atoms with Crippen molar-refractivity contribution in [3.63, 3.8) is 0 Å². The lowest BCUT2D eigenvalue weighted by atomic mass is 9.88. The molecule has 2 aromatic rings. The van der Waals surface area contributed by atoms with Crippen molar-refractivity contribution in [1.29, 1.82) is 0 Å². The number of para-hydroxylation sites is 1. The van der Waals surface area contributed by atoms with Gasteiger partial charge in [-0.3, -0.25) is 14.5 Å². The second kappa shape index (κ2) is 7.50. The normalized spacial score (nSPS) is 19.8. The van der Waals surface area contributed by atoms with Gasteiger partial charge < -0.3 is 5.73 Å². The second-order valence-corrected chi connectivity index (χ2v) is 8.60. The molecular formula is C20H18F3N3O4S. The van der Waals surface area contributed by atoms with Crippen LogP contribution < -0.4 is 15.4 Å². The third-order valence-electron chi connectivity index (χ3n) is 4.87. The van der Waals surface area contributed by atoms with Crippen LogP contribution in [-0.4, -0.2) is 31.8 Å². The van der Waals surface area contributed by atoms with Crippen LogP contribution in [0, 0.1) is 0 Å². The van der Waals surface area contributed by atoms with Gasteiger partial charge in [-0.25, -0.2) is 8.42 Å². The lowest BCUT2D eigenvalue weighted by Crippen LogP contribution is -2.66. The number of ketones is 1. The highest BCUT2D eigenvalue weighted by molar-refractivity contribution is 7.89. The fraction of sp³-hybridized carbons (Fsp3) is 0.200. The highest BCUT2D eigenvalue weighted by Gasteiger charge is 2.70. The summed E-state index contributed by atoms with van der Waals surface area (Å²) < 4.78 is 70.6. The van der Waals surface area contributed by atoms with E-state index >= 15 is 0 Å². The number of Topliss-reactive ketones (excluding diaryl/α,β-unsaturated/α-hetero) is 1. The van der Waals surface area contributed by atoms with Crippen LogP contribution in [0.2, 0.25) is 0 Å². The lowest BCUT2D eigenvalue weighted by molar-refractivity contribution is -0.183. The molecule has 0 aromatic heterocycles. The summed E-state index contributed by atoms with van der Waals surface area (Å²) in [6.45, 7) is 2.01. The molecule has 1 aliphatic rings. The predicted octanol–water partition coefficient (Wildman–Crippen LogP) is 2.76. The fourth-order valence-electron chi connectivity index (χ4n) is 3.54. The van der Waals surface area contributed by atoms with E-state index in [1.54, 1.807) is 6.07 Å². The van der Waals surface area contributed by atoms with Crippen molar-refractivity contribution in [3.05, 3.63) is 65.9 Å². The van der Waals surface area contributed by atoms with E-state index in [9.17, 15) is 31.2 Å². The summed E-state index contributed by atoms with van der Waals surface area (Å²) in [6, 6.07) is 11.7. The maximum Gasteiger partial charge on any atom is 0.421 e. The molecule has 31 heavy (non-hydrogen) atoms. The van der Waals surface area contributed by atoms with Crippen LogP contribution in [-0.2, 0) is 19.6 Å². The van der Waals surface area contributed by atoms with E-state index in [1.165, 1.54) is 41.1 Å². The van der Waals surface area contributed by atoms with Crippen molar-refractivity contribution in [2.24, 2.45) is 0 Å². The molecule has 0 bridgehead atoms. The molecule has 0 fully saturated rings. The minimum Gasteiger partial charge on any atom is -0.399 e. The van der Waals surface area contributed by atoms with Crippen molar-refractivity contribution >= 4 is 33.1 Å². The monoisotopic (exact) mass is 453 g/mol. The average Bonchev–Trinajstić information content (AvgIpc) is 2.89. The minimum atomic E-state index is -5.46. The summed E-state index contributed by atoms with van der Waals surface area (Å²) in [5, 5.41) is 0. The molecule has 1 heterocycles. The summed E-state index contributed by atoms with van der Waals surface area (Å²) in [7, 11) is -4.89. The van der Waals surface area contributed by atoms with Crippen LogP contribution in [0.1, 0.15) is 13.8 Å². The van der Waals surface area contributed by atoms with Gasteiger partial charge in [0.2, 0.25) is 15.6 Å². The fourth-order valence-corrected chi connectivity index (χ4v) is 4.86. The Labute approximate surface area is 176 Å². The molecular weight excluding hydrogens is 435 g/mol. The number of hydrogen-bond acceptors (Lipinski definition) is 5. The Morgan fingerprint density at radius 1 is 1.06 bits per heavy atom. The maximum absolute atomic E-state index is 14.5. The number of nitrogens with zero attached hydrogens (tertiary/aromatic N) is 1. The quantitative estimate of drug-likeness (QED) is 0.677. The SMILES string of the molecule is CC(=O)C1=C(C)N(c2ccccc2)C(=O)[C@]1(NS(=O)(=O)c1ccc(N)cc1)C(F)(F)F. The highest BCUT2D eigenvalue weighted by atomic mass is 32.2. The Balaban J connectivity index is 2.26. The van der Waals surface area contributed by atoms with Crippen LogP contribution in [0.15, 0.2) is 70.8 Å². The van der Waals surface area contributed by atoms with Crippen LogP contribution in [0.4, 0.5) is 24.5 Å².